The predicted molar refractivity (Wildman–Crippen MR) is 362 cm³/mol. The first-order valence-electron chi connectivity index (χ1n) is 34.7. The molecule has 0 aromatic rings. The van der Waals surface area contributed by atoms with Gasteiger partial charge in [-0.25, -0.2) is 0 Å². The lowest BCUT2D eigenvalue weighted by Crippen LogP contribution is -2.30. The third-order valence-electron chi connectivity index (χ3n) is 14.6. The van der Waals surface area contributed by atoms with Gasteiger partial charge in [0, 0.05) is 19.3 Å². The van der Waals surface area contributed by atoms with E-state index in [0.29, 0.717) is 19.3 Å². The lowest BCUT2D eigenvalue weighted by Gasteiger charge is -2.18. The van der Waals surface area contributed by atoms with Crippen molar-refractivity contribution >= 4 is 17.9 Å². The van der Waals surface area contributed by atoms with E-state index in [0.717, 1.165) is 128 Å². The maximum absolute atomic E-state index is 12.9. The molecule has 0 radical (unpaired) electrons. The van der Waals surface area contributed by atoms with E-state index in [1.165, 1.54) is 148 Å². The fourth-order valence-electron chi connectivity index (χ4n) is 9.47. The molecule has 0 amide bonds. The summed E-state index contributed by atoms with van der Waals surface area (Å²) in [7, 11) is 0. The Kier molecular flexibility index (Phi) is 66.3. The standard InChI is InChI=1S/C77H128O6/c1-4-7-10-13-16-19-22-24-26-28-30-31-32-33-34-35-36-37-38-39-40-41-42-43-44-45-47-48-50-52-55-58-61-64-67-70-76(79)82-73-74(72-81-75(78)69-66-63-60-57-54-21-18-15-12-9-6-3)83-77(80)71-68-65-62-59-56-53-51-49-46-29-27-25-23-20-17-14-11-8-5-2/h7,10,16-17,19-20,24-27,30-31,33-34,36-37,39-40,42-43,45,47,74H,4-6,8-9,11-15,18,21-23,28-29,32,35,38,41,44,46,48-73H2,1-3H3/b10-7-,19-16-,20-17-,26-24-,27-25-,31-30-,34-33-,37-36-,40-39-,43-42-,47-45-. The van der Waals surface area contributed by atoms with E-state index in [1.54, 1.807) is 0 Å². The van der Waals surface area contributed by atoms with Crippen molar-refractivity contribution in [3.63, 3.8) is 0 Å². The Morgan fingerprint density at radius 3 is 0.759 bits per heavy atom. The molecule has 472 valence electrons. The Hall–Kier alpha value is -4.45. The van der Waals surface area contributed by atoms with Crippen LogP contribution in [0.15, 0.2) is 134 Å². The van der Waals surface area contributed by atoms with Gasteiger partial charge in [-0.2, -0.15) is 0 Å². The normalized spacial score (nSPS) is 13.0. The summed E-state index contributed by atoms with van der Waals surface area (Å²) in [4.78, 5) is 38.3. The van der Waals surface area contributed by atoms with Gasteiger partial charge in [0.05, 0.1) is 0 Å². The Labute approximate surface area is 513 Å². The van der Waals surface area contributed by atoms with E-state index < -0.39 is 6.10 Å². The fourth-order valence-corrected chi connectivity index (χ4v) is 9.47. The van der Waals surface area contributed by atoms with Gasteiger partial charge in [-0.15, -0.1) is 0 Å². The molecule has 6 nitrogen and oxygen atoms in total. The van der Waals surface area contributed by atoms with Crippen LogP contribution in [0.1, 0.15) is 316 Å². The number of ether oxygens (including phenoxy) is 3. The second-order valence-corrected chi connectivity index (χ2v) is 22.7. The van der Waals surface area contributed by atoms with E-state index in [9.17, 15) is 14.4 Å². The van der Waals surface area contributed by atoms with Gasteiger partial charge >= 0.3 is 17.9 Å². The summed E-state index contributed by atoms with van der Waals surface area (Å²) >= 11 is 0. The summed E-state index contributed by atoms with van der Waals surface area (Å²) in [5.74, 6) is -0.892. The number of hydrogen-bond acceptors (Lipinski definition) is 6. The van der Waals surface area contributed by atoms with Crippen LogP contribution < -0.4 is 0 Å². The third-order valence-corrected chi connectivity index (χ3v) is 14.6. The molecule has 0 rings (SSSR count). The molecule has 83 heavy (non-hydrogen) atoms. The molecule has 0 heterocycles. The van der Waals surface area contributed by atoms with E-state index in [-0.39, 0.29) is 31.1 Å². The number of hydrogen-bond donors (Lipinski definition) is 0. The maximum atomic E-state index is 12.9. The summed E-state index contributed by atoms with van der Waals surface area (Å²) in [5.41, 5.74) is 0. The molecule has 0 aromatic heterocycles. The Morgan fingerprint density at radius 2 is 0.470 bits per heavy atom. The van der Waals surface area contributed by atoms with Gasteiger partial charge in [0.2, 0.25) is 0 Å². The smallest absolute Gasteiger partial charge is 0.306 e. The van der Waals surface area contributed by atoms with Crippen LogP contribution in [0.25, 0.3) is 0 Å². The Bertz CT molecular complexity index is 1750. The first-order valence-corrected chi connectivity index (χ1v) is 34.7. The Morgan fingerprint density at radius 1 is 0.253 bits per heavy atom. The van der Waals surface area contributed by atoms with Gasteiger partial charge in [-0.1, -0.05) is 309 Å². The SMILES string of the molecule is CC/C=C\C/C=C\C/C=C\C/C=C\C/C=C\C/C=C\C/C=C\C/C=C\C/C=C\CCCCCCCCCC(=O)OCC(COC(=O)CCCCCCCCCCCCC)OC(=O)CCCCCCCCCCC/C=C\C/C=C\CCCCC. The summed E-state index contributed by atoms with van der Waals surface area (Å²) in [6.45, 7) is 6.50. The predicted octanol–water partition coefficient (Wildman–Crippen LogP) is 24.1. The third kappa shape index (κ3) is 68.2. The number of rotatable bonds is 62. The molecule has 0 aliphatic rings. The van der Waals surface area contributed by atoms with Crippen molar-refractivity contribution in [2.45, 2.75) is 322 Å². The summed E-state index contributed by atoms with van der Waals surface area (Å²) in [6, 6.07) is 0. The van der Waals surface area contributed by atoms with Gasteiger partial charge in [-0.05, 0) is 122 Å². The van der Waals surface area contributed by atoms with E-state index in [1.807, 2.05) is 0 Å². The monoisotopic (exact) mass is 1150 g/mol. The first-order chi connectivity index (χ1) is 41.0. The molecule has 0 aliphatic heterocycles. The van der Waals surface area contributed by atoms with Crippen LogP contribution in [0.3, 0.4) is 0 Å². The molecular formula is C77H128O6. The molecule has 0 aliphatic carbocycles. The van der Waals surface area contributed by atoms with Crippen LogP contribution in [0, 0.1) is 0 Å². The molecule has 0 fully saturated rings. The van der Waals surface area contributed by atoms with Gasteiger partial charge < -0.3 is 14.2 Å². The van der Waals surface area contributed by atoms with Crippen LogP contribution in [-0.4, -0.2) is 37.2 Å². The zero-order valence-corrected chi connectivity index (χ0v) is 54.2. The second-order valence-electron chi connectivity index (χ2n) is 22.7. The quantitative estimate of drug-likeness (QED) is 0.0261. The summed E-state index contributed by atoms with van der Waals surface area (Å²) < 4.78 is 16.9. The highest BCUT2D eigenvalue weighted by atomic mass is 16.6. The molecule has 0 saturated heterocycles. The average Bonchev–Trinajstić information content (AvgIpc) is 3.48. The fraction of sp³-hybridized carbons (Fsp3) is 0.675. The van der Waals surface area contributed by atoms with Crippen molar-refractivity contribution in [2.75, 3.05) is 13.2 Å². The molecule has 0 aromatic carbocycles. The molecule has 6 heteroatoms. The zero-order valence-electron chi connectivity index (χ0n) is 54.2. The van der Waals surface area contributed by atoms with E-state index in [2.05, 4.69) is 154 Å². The molecule has 0 spiro atoms. The lowest BCUT2D eigenvalue weighted by molar-refractivity contribution is -0.167. The topological polar surface area (TPSA) is 78.9 Å². The van der Waals surface area contributed by atoms with E-state index >= 15 is 0 Å². The van der Waals surface area contributed by atoms with Crippen molar-refractivity contribution in [1.82, 2.24) is 0 Å². The van der Waals surface area contributed by atoms with Crippen molar-refractivity contribution in [2.24, 2.45) is 0 Å². The van der Waals surface area contributed by atoms with Gasteiger partial charge in [0.15, 0.2) is 6.10 Å². The number of carbonyl (C=O) groups is 3. The highest BCUT2D eigenvalue weighted by Gasteiger charge is 2.19. The van der Waals surface area contributed by atoms with Crippen LogP contribution in [0.2, 0.25) is 0 Å². The minimum atomic E-state index is -0.787. The Balaban J connectivity index is 4.26. The summed E-state index contributed by atoms with van der Waals surface area (Å²) in [5, 5.41) is 0. The highest BCUT2D eigenvalue weighted by Crippen LogP contribution is 2.16. The maximum Gasteiger partial charge on any atom is 0.306 e. The zero-order chi connectivity index (χ0) is 59.9. The van der Waals surface area contributed by atoms with Crippen molar-refractivity contribution in [3.05, 3.63) is 134 Å². The lowest BCUT2D eigenvalue weighted by atomic mass is 10.1. The van der Waals surface area contributed by atoms with Crippen LogP contribution in [0.5, 0.6) is 0 Å². The number of allylic oxidation sites excluding steroid dienone is 22. The van der Waals surface area contributed by atoms with Crippen molar-refractivity contribution < 1.29 is 28.6 Å². The molecule has 1 atom stereocenters. The van der Waals surface area contributed by atoms with Crippen LogP contribution in [0.4, 0.5) is 0 Å². The highest BCUT2D eigenvalue weighted by molar-refractivity contribution is 5.71. The average molecular weight is 1150 g/mol. The largest absolute Gasteiger partial charge is 0.462 e. The summed E-state index contributed by atoms with van der Waals surface area (Å²) in [6.07, 6.45) is 99.0. The van der Waals surface area contributed by atoms with E-state index in [4.69, 9.17) is 14.2 Å². The van der Waals surface area contributed by atoms with Gasteiger partial charge in [0.25, 0.3) is 0 Å². The van der Waals surface area contributed by atoms with Crippen molar-refractivity contribution in [1.29, 1.82) is 0 Å². The molecule has 0 N–H and O–H groups in total. The number of unbranched alkanes of at least 4 members (excludes halogenated alkanes) is 29. The first kappa shape index (κ1) is 78.5. The molecule has 0 saturated carbocycles. The van der Waals surface area contributed by atoms with Gasteiger partial charge in [-0.3, -0.25) is 14.4 Å². The van der Waals surface area contributed by atoms with Crippen LogP contribution >= 0.6 is 0 Å². The molecule has 0 bridgehead atoms. The number of carbonyl (C=O) groups excluding carboxylic acids is 3. The second kappa shape index (κ2) is 70.0. The minimum Gasteiger partial charge on any atom is -0.462 e. The van der Waals surface area contributed by atoms with Gasteiger partial charge in [0.1, 0.15) is 13.2 Å². The van der Waals surface area contributed by atoms with Crippen molar-refractivity contribution in [3.8, 4) is 0 Å². The minimum absolute atomic E-state index is 0.0827. The number of esters is 3. The molecular weight excluding hydrogens is 1020 g/mol. The molecule has 1 unspecified atom stereocenters. The van der Waals surface area contributed by atoms with Crippen LogP contribution in [-0.2, 0) is 28.6 Å².